The van der Waals surface area contributed by atoms with Gasteiger partial charge in [-0.25, -0.2) is 4.39 Å². The Morgan fingerprint density at radius 2 is 2.09 bits per heavy atom. The van der Waals surface area contributed by atoms with Gasteiger partial charge in [0, 0.05) is 17.8 Å². The minimum atomic E-state index is -0.979. The number of aliphatic hydroxyl groups excluding tert-OH is 1. The number of amides is 2. The molecule has 22 heavy (non-hydrogen) atoms. The highest BCUT2D eigenvalue weighted by atomic mass is 19.1. The normalized spacial score (nSPS) is 11.8. The van der Waals surface area contributed by atoms with Crippen molar-refractivity contribution in [1.82, 2.24) is 5.32 Å². The Kier molecular flexibility index (Phi) is 4.90. The van der Waals surface area contributed by atoms with Crippen LogP contribution in [-0.4, -0.2) is 23.5 Å². The molecule has 2 aromatic rings. The monoisotopic (exact) mass is 306 g/mol. The average Bonchev–Trinajstić information content (AvgIpc) is 3.02. The largest absolute Gasteiger partial charge is 0.472 e. The third kappa shape index (κ3) is 3.92. The predicted molar refractivity (Wildman–Crippen MR) is 76.4 cm³/mol. The Labute approximate surface area is 125 Å². The van der Waals surface area contributed by atoms with Gasteiger partial charge in [0.2, 0.25) is 0 Å². The maximum atomic E-state index is 13.3. The minimum absolute atomic E-state index is 0.145. The second-order valence-corrected chi connectivity index (χ2v) is 4.70. The zero-order chi connectivity index (χ0) is 16.1. The third-order valence-corrected chi connectivity index (χ3v) is 3.02. The molecule has 0 unspecified atom stereocenters. The van der Waals surface area contributed by atoms with E-state index in [1.807, 2.05) is 0 Å². The Morgan fingerprint density at radius 1 is 1.32 bits per heavy atom. The van der Waals surface area contributed by atoms with E-state index >= 15 is 0 Å². The Hall–Kier alpha value is -2.67. The standard InChI is InChI=1S/C15H15FN2O4/c1-9-2-3-11(6-12(9)16)18-15(21)14(20)17-7-13(19)10-4-5-22-8-10/h2-6,8,13,19H,7H2,1H3,(H,17,20)(H,18,21)/t13-/m0/s1. The second kappa shape index (κ2) is 6.86. The fourth-order valence-corrected chi connectivity index (χ4v) is 1.71. The van der Waals surface area contributed by atoms with Crippen molar-refractivity contribution in [2.45, 2.75) is 13.0 Å². The van der Waals surface area contributed by atoms with Crippen molar-refractivity contribution in [3.63, 3.8) is 0 Å². The highest BCUT2D eigenvalue weighted by Gasteiger charge is 2.16. The van der Waals surface area contributed by atoms with Crippen LogP contribution in [0.5, 0.6) is 0 Å². The van der Waals surface area contributed by atoms with Crippen molar-refractivity contribution >= 4 is 17.5 Å². The van der Waals surface area contributed by atoms with Crippen LogP contribution in [0.2, 0.25) is 0 Å². The molecule has 0 aliphatic heterocycles. The number of anilines is 1. The lowest BCUT2D eigenvalue weighted by Gasteiger charge is -2.10. The third-order valence-electron chi connectivity index (χ3n) is 3.02. The molecule has 2 amide bonds. The number of aliphatic hydroxyl groups is 1. The van der Waals surface area contributed by atoms with E-state index in [1.165, 1.54) is 24.7 Å². The van der Waals surface area contributed by atoms with Gasteiger partial charge in [-0.05, 0) is 30.7 Å². The molecule has 0 bridgehead atoms. The highest BCUT2D eigenvalue weighted by molar-refractivity contribution is 6.39. The van der Waals surface area contributed by atoms with E-state index in [1.54, 1.807) is 13.0 Å². The molecule has 0 aliphatic rings. The smallest absolute Gasteiger partial charge is 0.313 e. The molecule has 0 saturated heterocycles. The first-order valence-electron chi connectivity index (χ1n) is 6.53. The number of nitrogens with one attached hydrogen (secondary N) is 2. The van der Waals surface area contributed by atoms with E-state index < -0.39 is 23.7 Å². The Balaban J connectivity index is 1.86. The van der Waals surface area contributed by atoms with E-state index in [0.717, 1.165) is 6.07 Å². The summed E-state index contributed by atoms with van der Waals surface area (Å²) >= 11 is 0. The number of hydrogen-bond acceptors (Lipinski definition) is 4. The molecular formula is C15H15FN2O4. The summed E-state index contributed by atoms with van der Waals surface area (Å²) in [5.41, 5.74) is 1.10. The van der Waals surface area contributed by atoms with Gasteiger partial charge in [-0.1, -0.05) is 6.07 Å². The van der Waals surface area contributed by atoms with Gasteiger partial charge in [0.05, 0.1) is 18.6 Å². The number of rotatable bonds is 4. The summed E-state index contributed by atoms with van der Waals surface area (Å²) in [5.74, 6) is -2.35. The van der Waals surface area contributed by atoms with Crippen LogP contribution >= 0.6 is 0 Å². The summed E-state index contributed by atoms with van der Waals surface area (Å²) < 4.78 is 18.2. The lowest BCUT2D eigenvalue weighted by atomic mass is 10.2. The van der Waals surface area contributed by atoms with Crippen LogP contribution in [0.25, 0.3) is 0 Å². The fraction of sp³-hybridized carbons (Fsp3) is 0.200. The Bertz CT molecular complexity index is 670. The molecular weight excluding hydrogens is 291 g/mol. The summed E-state index contributed by atoms with van der Waals surface area (Å²) in [6.07, 6.45) is 1.75. The lowest BCUT2D eigenvalue weighted by molar-refractivity contribution is -0.136. The van der Waals surface area contributed by atoms with Crippen LogP contribution in [0.1, 0.15) is 17.2 Å². The van der Waals surface area contributed by atoms with E-state index in [0.29, 0.717) is 11.1 Å². The van der Waals surface area contributed by atoms with E-state index in [-0.39, 0.29) is 12.2 Å². The van der Waals surface area contributed by atoms with Crippen molar-refractivity contribution < 1.29 is 23.5 Å². The SMILES string of the molecule is Cc1ccc(NC(=O)C(=O)NC[C@H](O)c2ccoc2)cc1F. The number of furan rings is 1. The zero-order valence-corrected chi connectivity index (χ0v) is 11.8. The predicted octanol–water partition coefficient (Wildman–Crippen LogP) is 1.52. The van der Waals surface area contributed by atoms with Crippen LogP contribution in [0.15, 0.2) is 41.2 Å². The van der Waals surface area contributed by atoms with Crippen LogP contribution < -0.4 is 10.6 Å². The van der Waals surface area contributed by atoms with Crippen molar-refractivity contribution in [3.05, 3.63) is 53.7 Å². The number of carbonyl (C=O) groups excluding carboxylic acids is 2. The number of aryl methyl sites for hydroxylation is 1. The summed E-state index contributed by atoms with van der Waals surface area (Å²) in [7, 11) is 0. The molecule has 3 N–H and O–H groups in total. The molecule has 0 radical (unpaired) electrons. The maximum Gasteiger partial charge on any atom is 0.313 e. The zero-order valence-electron chi connectivity index (χ0n) is 11.8. The van der Waals surface area contributed by atoms with Gasteiger partial charge in [0.25, 0.3) is 0 Å². The van der Waals surface area contributed by atoms with Gasteiger partial charge in [0.15, 0.2) is 0 Å². The minimum Gasteiger partial charge on any atom is -0.472 e. The van der Waals surface area contributed by atoms with Gasteiger partial charge in [-0.3, -0.25) is 9.59 Å². The molecule has 1 aromatic carbocycles. The van der Waals surface area contributed by atoms with Crippen LogP contribution in [0, 0.1) is 12.7 Å². The average molecular weight is 306 g/mol. The van der Waals surface area contributed by atoms with Gasteiger partial charge in [0.1, 0.15) is 5.82 Å². The summed E-state index contributed by atoms with van der Waals surface area (Å²) in [5, 5.41) is 14.3. The first kappa shape index (κ1) is 15.7. The molecule has 1 heterocycles. The molecule has 0 aliphatic carbocycles. The molecule has 6 nitrogen and oxygen atoms in total. The molecule has 0 saturated carbocycles. The quantitative estimate of drug-likeness (QED) is 0.747. The number of benzene rings is 1. The van der Waals surface area contributed by atoms with Gasteiger partial charge in [-0.15, -0.1) is 0 Å². The lowest BCUT2D eigenvalue weighted by Crippen LogP contribution is -2.37. The number of halogens is 1. The molecule has 0 spiro atoms. The van der Waals surface area contributed by atoms with Gasteiger partial charge >= 0.3 is 11.8 Å². The second-order valence-electron chi connectivity index (χ2n) is 4.70. The van der Waals surface area contributed by atoms with Crippen molar-refractivity contribution in [1.29, 1.82) is 0 Å². The Morgan fingerprint density at radius 3 is 2.73 bits per heavy atom. The van der Waals surface area contributed by atoms with Crippen LogP contribution in [0.4, 0.5) is 10.1 Å². The number of carbonyl (C=O) groups is 2. The van der Waals surface area contributed by atoms with E-state index in [2.05, 4.69) is 10.6 Å². The summed E-state index contributed by atoms with van der Waals surface area (Å²) in [6, 6.07) is 5.65. The molecule has 7 heteroatoms. The van der Waals surface area contributed by atoms with Crippen LogP contribution in [-0.2, 0) is 9.59 Å². The first-order chi connectivity index (χ1) is 10.5. The summed E-state index contributed by atoms with van der Waals surface area (Å²) in [6.45, 7) is 1.44. The highest BCUT2D eigenvalue weighted by Crippen LogP contribution is 2.14. The molecule has 0 fully saturated rings. The topological polar surface area (TPSA) is 91.6 Å². The van der Waals surface area contributed by atoms with E-state index in [4.69, 9.17) is 4.42 Å². The maximum absolute atomic E-state index is 13.3. The number of hydrogen-bond donors (Lipinski definition) is 3. The molecule has 2 rings (SSSR count). The van der Waals surface area contributed by atoms with E-state index in [9.17, 15) is 19.1 Å². The van der Waals surface area contributed by atoms with Crippen LogP contribution in [0.3, 0.4) is 0 Å². The van der Waals surface area contributed by atoms with Gasteiger partial charge < -0.3 is 20.2 Å². The first-order valence-corrected chi connectivity index (χ1v) is 6.53. The molecule has 1 atom stereocenters. The van der Waals surface area contributed by atoms with Crippen molar-refractivity contribution in [3.8, 4) is 0 Å². The molecule has 116 valence electrons. The van der Waals surface area contributed by atoms with Crippen molar-refractivity contribution in [2.75, 3.05) is 11.9 Å². The molecule has 1 aromatic heterocycles. The van der Waals surface area contributed by atoms with Crippen molar-refractivity contribution in [2.24, 2.45) is 0 Å². The van der Waals surface area contributed by atoms with Gasteiger partial charge in [-0.2, -0.15) is 0 Å². The summed E-state index contributed by atoms with van der Waals surface area (Å²) in [4.78, 5) is 23.3. The fourth-order valence-electron chi connectivity index (χ4n) is 1.71.